The summed E-state index contributed by atoms with van der Waals surface area (Å²) in [6.07, 6.45) is 2.36. The van der Waals surface area contributed by atoms with Gasteiger partial charge in [0.2, 0.25) is 0 Å². The number of hydrogen-bond acceptors (Lipinski definition) is 2. The first-order chi connectivity index (χ1) is 5.56. The Morgan fingerprint density at radius 2 is 2.08 bits per heavy atom. The van der Waals surface area contributed by atoms with E-state index in [1.165, 1.54) is 12.8 Å². The zero-order valence-electron chi connectivity index (χ0n) is 8.85. The van der Waals surface area contributed by atoms with Gasteiger partial charge in [-0.05, 0) is 40.4 Å². The normalized spacial score (nSPS) is 13.1. The van der Waals surface area contributed by atoms with Crippen molar-refractivity contribution < 1.29 is 0 Å². The summed E-state index contributed by atoms with van der Waals surface area (Å²) in [6.45, 7) is 9.20. The molecule has 2 nitrogen and oxygen atoms in total. The Morgan fingerprint density at radius 1 is 1.50 bits per heavy atom. The van der Waals surface area contributed by atoms with E-state index < -0.39 is 0 Å². The Kier molecular flexibility index (Phi) is 5.81. The highest BCUT2D eigenvalue weighted by molar-refractivity contribution is 4.88. The lowest BCUT2D eigenvalue weighted by atomic mass is 10.1. The van der Waals surface area contributed by atoms with Crippen molar-refractivity contribution in [3.63, 3.8) is 0 Å². The van der Waals surface area contributed by atoms with Crippen molar-refractivity contribution in [2.24, 2.45) is 0 Å². The van der Waals surface area contributed by atoms with Crippen LogP contribution in [0.1, 0.15) is 26.7 Å². The van der Waals surface area contributed by atoms with Crippen molar-refractivity contribution in [3.8, 4) is 0 Å². The van der Waals surface area contributed by atoms with Gasteiger partial charge >= 0.3 is 0 Å². The highest BCUT2D eigenvalue weighted by atomic mass is 15.1. The maximum Gasteiger partial charge on any atom is 0.0267 e. The molecule has 0 aromatic carbocycles. The summed E-state index contributed by atoms with van der Waals surface area (Å²) in [5.74, 6) is 0. The standard InChI is InChI=1S/C10H22N2/c1-6-10(11-9(2)3)7-8-12(4)5/h10-11H,2,6-8H2,1,3-5H3. The lowest BCUT2D eigenvalue weighted by molar-refractivity contribution is 0.363. The molecule has 1 unspecified atom stereocenters. The molecule has 0 aromatic heterocycles. The lowest BCUT2D eigenvalue weighted by Gasteiger charge is -2.20. The third-order valence-corrected chi connectivity index (χ3v) is 1.87. The molecule has 0 rings (SSSR count). The van der Waals surface area contributed by atoms with E-state index in [4.69, 9.17) is 0 Å². The molecule has 0 bridgehead atoms. The zero-order chi connectivity index (χ0) is 9.56. The molecule has 0 aliphatic heterocycles. The van der Waals surface area contributed by atoms with Crippen LogP contribution in [0.5, 0.6) is 0 Å². The minimum absolute atomic E-state index is 0.588. The molecule has 0 spiro atoms. The van der Waals surface area contributed by atoms with E-state index in [2.05, 4.69) is 37.8 Å². The third kappa shape index (κ3) is 6.23. The molecule has 0 fully saturated rings. The van der Waals surface area contributed by atoms with Crippen LogP contribution in [0.15, 0.2) is 12.3 Å². The third-order valence-electron chi connectivity index (χ3n) is 1.87. The molecule has 1 N–H and O–H groups in total. The molecule has 0 heterocycles. The molecule has 12 heavy (non-hydrogen) atoms. The van der Waals surface area contributed by atoms with Crippen LogP contribution >= 0.6 is 0 Å². The molecule has 0 aromatic rings. The summed E-state index contributed by atoms with van der Waals surface area (Å²) in [5, 5.41) is 3.36. The maximum absolute atomic E-state index is 3.85. The van der Waals surface area contributed by atoms with Crippen molar-refractivity contribution >= 4 is 0 Å². The Labute approximate surface area is 76.6 Å². The summed E-state index contributed by atoms with van der Waals surface area (Å²) in [6, 6.07) is 0.588. The van der Waals surface area contributed by atoms with E-state index in [9.17, 15) is 0 Å². The van der Waals surface area contributed by atoms with Gasteiger partial charge in [-0.15, -0.1) is 0 Å². The first kappa shape index (κ1) is 11.5. The molecule has 0 amide bonds. The Bertz CT molecular complexity index is 130. The largest absolute Gasteiger partial charge is 0.386 e. The second-order valence-electron chi connectivity index (χ2n) is 3.62. The van der Waals surface area contributed by atoms with Crippen LogP contribution in [0.25, 0.3) is 0 Å². The number of hydrogen-bond donors (Lipinski definition) is 1. The van der Waals surface area contributed by atoms with Gasteiger partial charge < -0.3 is 10.2 Å². The summed E-state index contributed by atoms with van der Waals surface area (Å²) in [4.78, 5) is 2.21. The fourth-order valence-electron chi connectivity index (χ4n) is 1.14. The summed E-state index contributed by atoms with van der Waals surface area (Å²) < 4.78 is 0. The highest BCUT2D eigenvalue weighted by Gasteiger charge is 2.04. The van der Waals surface area contributed by atoms with Crippen LogP contribution in [-0.4, -0.2) is 31.6 Å². The number of allylic oxidation sites excluding steroid dienone is 1. The van der Waals surface area contributed by atoms with Gasteiger partial charge in [0.25, 0.3) is 0 Å². The first-order valence-electron chi connectivity index (χ1n) is 4.63. The number of nitrogens with zero attached hydrogens (tertiary/aromatic N) is 1. The van der Waals surface area contributed by atoms with Crippen molar-refractivity contribution in [1.29, 1.82) is 0 Å². The van der Waals surface area contributed by atoms with Gasteiger partial charge in [-0.3, -0.25) is 0 Å². The molecular weight excluding hydrogens is 148 g/mol. The predicted molar refractivity (Wildman–Crippen MR) is 55.2 cm³/mol. The van der Waals surface area contributed by atoms with Crippen molar-refractivity contribution in [3.05, 3.63) is 12.3 Å². The smallest absolute Gasteiger partial charge is 0.0267 e. The Balaban J connectivity index is 3.60. The summed E-state index contributed by atoms with van der Waals surface area (Å²) >= 11 is 0. The van der Waals surface area contributed by atoms with Crippen molar-refractivity contribution in [2.75, 3.05) is 20.6 Å². The Hall–Kier alpha value is -0.500. The molecule has 0 radical (unpaired) electrons. The lowest BCUT2D eigenvalue weighted by Crippen LogP contribution is -2.30. The van der Waals surface area contributed by atoms with Crippen molar-refractivity contribution in [2.45, 2.75) is 32.7 Å². The average molecular weight is 170 g/mol. The monoisotopic (exact) mass is 170 g/mol. The van der Waals surface area contributed by atoms with Gasteiger partial charge in [-0.25, -0.2) is 0 Å². The van der Waals surface area contributed by atoms with Gasteiger partial charge in [-0.1, -0.05) is 13.5 Å². The van der Waals surface area contributed by atoms with Gasteiger partial charge in [0, 0.05) is 11.7 Å². The molecule has 0 saturated carbocycles. The number of rotatable bonds is 6. The molecular formula is C10H22N2. The van der Waals surface area contributed by atoms with Crippen LogP contribution < -0.4 is 5.32 Å². The zero-order valence-corrected chi connectivity index (χ0v) is 8.85. The molecule has 0 aliphatic rings. The fourth-order valence-corrected chi connectivity index (χ4v) is 1.14. The number of nitrogens with one attached hydrogen (secondary N) is 1. The van der Waals surface area contributed by atoms with Gasteiger partial charge in [0.1, 0.15) is 0 Å². The summed E-state index contributed by atoms with van der Waals surface area (Å²) in [5.41, 5.74) is 1.07. The molecule has 72 valence electrons. The van der Waals surface area contributed by atoms with Gasteiger partial charge in [0.15, 0.2) is 0 Å². The van der Waals surface area contributed by atoms with Crippen LogP contribution in [-0.2, 0) is 0 Å². The second kappa shape index (κ2) is 6.06. The van der Waals surface area contributed by atoms with E-state index >= 15 is 0 Å². The Morgan fingerprint density at radius 3 is 2.42 bits per heavy atom. The van der Waals surface area contributed by atoms with E-state index in [1.807, 2.05) is 6.92 Å². The predicted octanol–water partition coefficient (Wildman–Crippen LogP) is 1.84. The fraction of sp³-hybridized carbons (Fsp3) is 0.800. The first-order valence-corrected chi connectivity index (χ1v) is 4.63. The van der Waals surface area contributed by atoms with Crippen molar-refractivity contribution in [1.82, 2.24) is 10.2 Å². The van der Waals surface area contributed by atoms with Crippen LogP contribution in [0.2, 0.25) is 0 Å². The van der Waals surface area contributed by atoms with Crippen LogP contribution in [0.3, 0.4) is 0 Å². The minimum atomic E-state index is 0.588. The van der Waals surface area contributed by atoms with E-state index in [-0.39, 0.29) is 0 Å². The molecule has 2 heteroatoms. The SMILES string of the molecule is C=C(C)NC(CC)CCN(C)C. The minimum Gasteiger partial charge on any atom is -0.386 e. The maximum atomic E-state index is 3.85. The molecule has 0 aliphatic carbocycles. The highest BCUT2D eigenvalue weighted by Crippen LogP contribution is 2.00. The molecule has 1 atom stereocenters. The van der Waals surface area contributed by atoms with E-state index in [0.29, 0.717) is 6.04 Å². The van der Waals surface area contributed by atoms with Gasteiger partial charge in [0.05, 0.1) is 0 Å². The average Bonchev–Trinajstić information content (AvgIpc) is 1.97. The summed E-state index contributed by atoms with van der Waals surface area (Å²) in [7, 11) is 4.21. The molecule has 0 saturated heterocycles. The second-order valence-corrected chi connectivity index (χ2v) is 3.62. The topological polar surface area (TPSA) is 15.3 Å². The van der Waals surface area contributed by atoms with Gasteiger partial charge in [-0.2, -0.15) is 0 Å². The van der Waals surface area contributed by atoms with Crippen LogP contribution in [0.4, 0.5) is 0 Å². The van der Waals surface area contributed by atoms with E-state index in [0.717, 1.165) is 12.2 Å². The van der Waals surface area contributed by atoms with Crippen LogP contribution in [0, 0.1) is 0 Å². The quantitative estimate of drug-likeness (QED) is 0.654. The van der Waals surface area contributed by atoms with E-state index in [1.54, 1.807) is 0 Å².